The van der Waals surface area contributed by atoms with Crippen LogP contribution in [0.25, 0.3) is 10.2 Å². The minimum absolute atomic E-state index is 0.00617. The molecular formula is C23H23N3O4S2. The molecule has 7 nitrogen and oxygen atoms in total. The molecular weight excluding hydrogens is 446 g/mol. The fraction of sp³-hybridized carbons (Fsp3) is 0.304. The van der Waals surface area contributed by atoms with Crippen molar-refractivity contribution in [1.29, 1.82) is 0 Å². The fourth-order valence-electron chi connectivity index (χ4n) is 3.62. The van der Waals surface area contributed by atoms with Gasteiger partial charge in [0.2, 0.25) is 5.91 Å². The predicted molar refractivity (Wildman–Crippen MR) is 127 cm³/mol. The van der Waals surface area contributed by atoms with E-state index in [2.05, 4.69) is 4.99 Å². The van der Waals surface area contributed by atoms with Gasteiger partial charge >= 0.3 is 5.97 Å². The zero-order valence-electron chi connectivity index (χ0n) is 17.9. The lowest BCUT2D eigenvalue weighted by Gasteiger charge is -2.16. The molecule has 166 valence electrons. The summed E-state index contributed by atoms with van der Waals surface area (Å²) in [7, 11) is 1.83. The van der Waals surface area contributed by atoms with E-state index in [4.69, 9.17) is 4.74 Å². The van der Waals surface area contributed by atoms with Crippen molar-refractivity contribution in [3.8, 4) is 0 Å². The third-order valence-corrected chi connectivity index (χ3v) is 7.18. The van der Waals surface area contributed by atoms with Crippen LogP contribution in [0.1, 0.15) is 22.8 Å². The SMILES string of the molecule is CCOC(=O)c1ccc2c(c1)sc(=NC(=O)CSCC(=O)N1CCc3ccccc31)n2C. The van der Waals surface area contributed by atoms with Crippen LogP contribution in [-0.4, -0.2) is 47.0 Å². The van der Waals surface area contributed by atoms with Crippen molar-refractivity contribution < 1.29 is 19.1 Å². The normalized spacial score (nSPS) is 13.4. The summed E-state index contributed by atoms with van der Waals surface area (Å²) < 4.78 is 7.72. The molecule has 2 heterocycles. The van der Waals surface area contributed by atoms with Gasteiger partial charge in [0, 0.05) is 19.3 Å². The second kappa shape index (κ2) is 9.70. The monoisotopic (exact) mass is 469 g/mol. The largest absolute Gasteiger partial charge is 0.462 e. The van der Waals surface area contributed by atoms with E-state index in [1.807, 2.05) is 41.9 Å². The van der Waals surface area contributed by atoms with Gasteiger partial charge < -0.3 is 14.2 Å². The minimum atomic E-state index is -0.373. The third kappa shape index (κ3) is 4.63. The number of fused-ring (bicyclic) bond motifs is 2. The van der Waals surface area contributed by atoms with Gasteiger partial charge in [-0.25, -0.2) is 4.79 Å². The van der Waals surface area contributed by atoms with Gasteiger partial charge in [-0.2, -0.15) is 4.99 Å². The number of thioether (sulfide) groups is 1. The molecule has 0 atom stereocenters. The van der Waals surface area contributed by atoms with Crippen molar-refractivity contribution in [2.45, 2.75) is 13.3 Å². The molecule has 0 saturated carbocycles. The molecule has 1 aromatic heterocycles. The smallest absolute Gasteiger partial charge is 0.338 e. The van der Waals surface area contributed by atoms with Crippen LogP contribution in [-0.2, 0) is 27.8 Å². The van der Waals surface area contributed by atoms with Gasteiger partial charge in [0.15, 0.2) is 4.80 Å². The average molecular weight is 470 g/mol. The number of carbonyl (C=O) groups is 3. The standard InChI is InChI=1S/C23H23N3O4S2/c1-3-30-22(29)16-8-9-18-19(12-16)32-23(25(18)2)24-20(27)13-31-14-21(28)26-11-10-15-6-4-5-7-17(15)26/h4-9,12H,3,10-11,13-14H2,1-2H3. The lowest BCUT2D eigenvalue weighted by molar-refractivity contribution is -0.116. The molecule has 0 aliphatic carbocycles. The molecule has 1 aliphatic rings. The Bertz CT molecular complexity index is 1260. The number of ether oxygens (including phenoxy) is 1. The lowest BCUT2D eigenvalue weighted by atomic mass is 10.2. The first kappa shape index (κ1) is 22.3. The van der Waals surface area contributed by atoms with Crippen LogP contribution >= 0.6 is 23.1 Å². The summed E-state index contributed by atoms with van der Waals surface area (Å²) in [5.41, 5.74) is 3.50. The summed E-state index contributed by atoms with van der Waals surface area (Å²) in [5.74, 6) is -0.300. The fourth-order valence-corrected chi connectivity index (χ4v) is 5.37. The highest BCUT2D eigenvalue weighted by atomic mass is 32.2. The molecule has 32 heavy (non-hydrogen) atoms. The number of amides is 2. The average Bonchev–Trinajstić information content (AvgIpc) is 3.35. The first-order chi connectivity index (χ1) is 15.5. The Labute approximate surface area is 193 Å². The molecule has 0 spiro atoms. The molecule has 2 amide bonds. The van der Waals surface area contributed by atoms with Crippen LogP contribution in [0.3, 0.4) is 0 Å². The van der Waals surface area contributed by atoms with Crippen LogP contribution in [0.15, 0.2) is 47.5 Å². The number of carbonyl (C=O) groups excluding carboxylic acids is 3. The number of nitrogens with zero attached hydrogens (tertiary/aromatic N) is 3. The molecule has 0 N–H and O–H groups in total. The summed E-state index contributed by atoms with van der Waals surface area (Å²) in [4.78, 5) is 43.5. The van der Waals surface area contributed by atoms with E-state index < -0.39 is 0 Å². The minimum Gasteiger partial charge on any atom is -0.462 e. The Hall–Kier alpha value is -2.91. The maximum Gasteiger partial charge on any atom is 0.338 e. The van der Waals surface area contributed by atoms with E-state index in [0.717, 1.165) is 22.3 Å². The highest BCUT2D eigenvalue weighted by Crippen LogP contribution is 2.28. The zero-order chi connectivity index (χ0) is 22.7. The molecule has 0 fully saturated rings. The number of aromatic nitrogens is 1. The number of para-hydroxylation sites is 1. The van der Waals surface area contributed by atoms with Gasteiger partial charge in [-0.05, 0) is 43.2 Å². The van der Waals surface area contributed by atoms with E-state index in [1.54, 1.807) is 24.0 Å². The Morgan fingerprint density at radius 2 is 1.97 bits per heavy atom. The number of hydrogen-bond donors (Lipinski definition) is 0. The van der Waals surface area contributed by atoms with Crippen LogP contribution in [0, 0.1) is 0 Å². The lowest BCUT2D eigenvalue weighted by Crippen LogP contribution is -2.30. The molecule has 0 radical (unpaired) electrons. The predicted octanol–water partition coefficient (Wildman–Crippen LogP) is 3.17. The summed E-state index contributed by atoms with van der Waals surface area (Å²) in [6.07, 6.45) is 0.862. The number of thiazole rings is 1. The molecule has 0 saturated heterocycles. The van der Waals surface area contributed by atoms with Gasteiger partial charge in [-0.3, -0.25) is 9.59 Å². The number of anilines is 1. The van der Waals surface area contributed by atoms with E-state index >= 15 is 0 Å². The van der Waals surface area contributed by atoms with Crippen LogP contribution in [0.2, 0.25) is 0 Å². The Morgan fingerprint density at radius 1 is 1.16 bits per heavy atom. The van der Waals surface area contributed by atoms with Crippen molar-refractivity contribution in [2.75, 3.05) is 29.6 Å². The maximum absolute atomic E-state index is 12.6. The van der Waals surface area contributed by atoms with Crippen molar-refractivity contribution in [3.05, 3.63) is 58.4 Å². The highest BCUT2D eigenvalue weighted by Gasteiger charge is 2.23. The van der Waals surface area contributed by atoms with E-state index in [0.29, 0.717) is 23.5 Å². The molecule has 3 aromatic rings. The van der Waals surface area contributed by atoms with Gasteiger partial charge in [0.05, 0.1) is 33.9 Å². The number of benzene rings is 2. The van der Waals surface area contributed by atoms with Gasteiger partial charge in [-0.15, -0.1) is 11.8 Å². The maximum atomic E-state index is 12.6. The number of aryl methyl sites for hydroxylation is 1. The molecule has 1 aliphatic heterocycles. The van der Waals surface area contributed by atoms with Crippen LogP contribution in [0.5, 0.6) is 0 Å². The van der Waals surface area contributed by atoms with Crippen molar-refractivity contribution >= 4 is 56.8 Å². The van der Waals surface area contributed by atoms with Crippen molar-refractivity contribution in [1.82, 2.24) is 4.57 Å². The first-order valence-electron chi connectivity index (χ1n) is 10.3. The van der Waals surface area contributed by atoms with Gasteiger partial charge in [0.25, 0.3) is 5.91 Å². The highest BCUT2D eigenvalue weighted by molar-refractivity contribution is 8.00. The van der Waals surface area contributed by atoms with Crippen LogP contribution < -0.4 is 9.70 Å². The summed E-state index contributed by atoms with van der Waals surface area (Å²) in [5, 5.41) is 0. The van der Waals surface area contributed by atoms with Crippen molar-refractivity contribution in [2.24, 2.45) is 12.0 Å². The summed E-state index contributed by atoms with van der Waals surface area (Å²) in [6.45, 7) is 2.76. The van der Waals surface area contributed by atoms with E-state index in [1.165, 1.54) is 28.7 Å². The molecule has 0 bridgehead atoms. The Morgan fingerprint density at radius 3 is 2.78 bits per heavy atom. The number of esters is 1. The quantitative estimate of drug-likeness (QED) is 0.518. The number of hydrogen-bond acceptors (Lipinski definition) is 6. The Balaban J connectivity index is 1.40. The summed E-state index contributed by atoms with van der Waals surface area (Å²) in [6, 6.07) is 13.2. The molecule has 4 rings (SSSR count). The van der Waals surface area contributed by atoms with Gasteiger partial charge in [-0.1, -0.05) is 29.5 Å². The second-order valence-corrected chi connectivity index (χ2v) is 9.26. The summed E-state index contributed by atoms with van der Waals surface area (Å²) >= 11 is 2.61. The van der Waals surface area contributed by atoms with Crippen LogP contribution in [0.4, 0.5) is 5.69 Å². The molecule has 9 heteroatoms. The first-order valence-corrected chi connectivity index (χ1v) is 12.3. The van der Waals surface area contributed by atoms with Gasteiger partial charge in [0.1, 0.15) is 0 Å². The number of rotatable bonds is 6. The Kier molecular flexibility index (Phi) is 6.76. The molecule has 2 aromatic carbocycles. The zero-order valence-corrected chi connectivity index (χ0v) is 19.5. The second-order valence-electron chi connectivity index (χ2n) is 7.27. The van der Waals surface area contributed by atoms with E-state index in [9.17, 15) is 14.4 Å². The van der Waals surface area contributed by atoms with E-state index in [-0.39, 0.29) is 29.3 Å². The van der Waals surface area contributed by atoms with Crippen molar-refractivity contribution in [3.63, 3.8) is 0 Å². The third-order valence-electron chi connectivity index (χ3n) is 5.18. The molecule has 0 unspecified atom stereocenters. The topological polar surface area (TPSA) is 81.0 Å².